The molecule has 0 aromatic heterocycles. The van der Waals surface area contributed by atoms with Crippen molar-refractivity contribution in [3.63, 3.8) is 0 Å². The van der Waals surface area contributed by atoms with E-state index in [4.69, 9.17) is 26.2 Å². The molecule has 5 nitrogen and oxygen atoms in total. The first kappa shape index (κ1) is 17.2. The van der Waals surface area contributed by atoms with Crippen molar-refractivity contribution in [1.29, 1.82) is 0 Å². The van der Waals surface area contributed by atoms with E-state index in [1.165, 1.54) is 7.11 Å². The number of benzene rings is 1. The number of aliphatic hydroxyl groups is 1. The van der Waals surface area contributed by atoms with Gasteiger partial charge in [-0.25, -0.2) is 0 Å². The maximum absolute atomic E-state index is 11.7. The quantitative estimate of drug-likeness (QED) is 0.738. The van der Waals surface area contributed by atoms with Gasteiger partial charge in [-0.1, -0.05) is 11.6 Å². The number of nitrogens with one attached hydrogen (secondary N) is 1. The topological polar surface area (TPSA) is 67.8 Å². The molecule has 112 valence electrons. The summed E-state index contributed by atoms with van der Waals surface area (Å²) >= 11 is 9.12. The molecule has 0 saturated heterocycles. The Hall–Kier alpha value is -0.820. The Morgan fingerprint density at radius 1 is 1.55 bits per heavy atom. The lowest BCUT2D eigenvalue weighted by molar-refractivity contribution is -0.124. The summed E-state index contributed by atoms with van der Waals surface area (Å²) in [5.74, 6) is 0.261. The van der Waals surface area contributed by atoms with Gasteiger partial charge in [0.2, 0.25) is 0 Å². The summed E-state index contributed by atoms with van der Waals surface area (Å²) in [7, 11) is 1.54. The molecule has 20 heavy (non-hydrogen) atoms. The van der Waals surface area contributed by atoms with Crippen LogP contribution in [0.3, 0.4) is 0 Å². The molecule has 0 aliphatic rings. The second-order valence-corrected chi connectivity index (χ2v) is 5.39. The predicted octanol–water partition coefficient (Wildman–Crippen LogP) is 1.99. The van der Waals surface area contributed by atoms with E-state index in [1.54, 1.807) is 18.2 Å². The Bertz CT molecular complexity index is 438. The minimum absolute atomic E-state index is 0.0160. The van der Waals surface area contributed by atoms with Gasteiger partial charge in [0.1, 0.15) is 5.75 Å². The van der Waals surface area contributed by atoms with Gasteiger partial charge in [0.15, 0.2) is 6.61 Å². The van der Waals surface area contributed by atoms with Crippen molar-refractivity contribution >= 4 is 33.4 Å². The average Bonchev–Trinajstić information content (AvgIpc) is 2.38. The van der Waals surface area contributed by atoms with Crippen molar-refractivity contribution in [1.82, 2.24) is 5.32 Å². The highest BCUT2D eigenvalue weighted by molar-refractivity contribution is 9.10. The number of hydrogen-bond acceptors (Lipinski definition) is 4. The number of halogens is 2. The van der Waals surface area contributed by atoms with E-state index >= 15 is 0 Å². The molecule has 2 N–H and O–H groups in total. The molecule has 0 spiro atoms. The van der Waals surface area contributed by atoms with Crippen LogP contribution in [-0.2, 0) is 9.53 Å². The van der Waals surface area contributed by atoms with Gasteiger partial charge in [0, 0.05) is 18.7 Å². The SMILES string of the molecule is COCC(CCO)NC(=O)COc1ccc(Cl)cc1Br. The third-order valence-electron chi connectivity index (χ3n) is 2.46. The van der Waals surface area contributed by atoms with Gasteiger partial charge in [0.25, 0.3) is 5.91 Å². The van der Waals surface area contributed by atoms with Crippen LogP contribution >= 0.6 is 27.5 Å². The zero-order valence-corrected chi connectivity index (χ0v) is 13.4. The van der Waals surface area contributed by atoms with Crippen molar-refractivity contribution in [2.75, 3.05) is 26.9 Å². The summed E-state index contributed by atoms with van der Waals surface area (Å²) in [5, 5.41) is 12.2. The molecular formula is C13H17BrClNO4. The van der Waals surface area contributed by atoms with Crippen molar-refractivity contribution in [3.8, 4) is 5.75 Å². The number of carbonyl (C=O) groups excluding carboxylic acids is 1. The normalized spacial score (nSPS) is 12.0. The zero-order chi connectivity index (χ0) is 15.0. The fraction of sp³-hybridized carbons (Fsp3) is 0.462. The first-order valence-electron chi connectivity index (χ1n) is 6.03. The summed E-state index contributed by atoms with van der Waals surface area (Å²) < 4.78 is 11.0. The molecule has 0 saturated carbocycles. The number of hydrogen-bond donors (Lipinski definition) is 2. The largest absolute Gasteiger partial charge is 0.483 e. The monoisotopic (exact) mass is 365 g/mol. The minimum atomic E-state index is -0.276. The number of methoxy groups -OCH3 is 1. The van der Waals surface area contributed by atoms with E-state index in [9.17, 15) is 4.79 Å². The molecule has 1 aromatic carbocycles. The van der Waals surface area contributed by atoms with Crippen LogP contribution in [-0.4, -0.2) is 44.0 Å². The highest BCUT2D eigenvalue weighted by Crippen LogP contribution is 2.27. The fourth-order valence-electron chi connectivity index (χ4n) is 1.56. The van der Waals surface area contributed by atoms with Gasteiger partial charge in [0.05, 0.1) is 17.1 Å². The van der Waals surface area contributed by atoms with Crippen LogP contribution in [0.5, 0.6) is 5.75 Å². The molecule has 0 aliphatic carbocycles. The van der Waals surface area contributed by atoms with E-state index in [-0.39, 0.29) is 25.2 Å². The zero-order valence-electron chi connectivity index (χ0n) is 11.1. The van der Waals surface area contributed by atoms with E-state index in [2.05, 4.69) is 21.2 Å². The maximum atomic E-state index is 11.7. The van der Waals surface area contributed by atoms with Gasteiger partial charge in [-0.05, 0) is 40.5 Å². The second kappa shape index (κ2) is 9.18. The average molecular weight is 367 g/mol. The Labute approximate surface area is 131 Å². The summed E-state index contributed by atoms with van der Waals surface area (Å²) in [4.78, 5) is 11.7. The van der Waals surface area contributed by atoms with Crippen LogP contribution < -0.4 is 10.1 Å². The standard InChI is InChI=1S/C13H17BrClNO4/c1-19-7-10(4-5-17)16-13(18)8-20-12-3-2-9(15)6-11(12)14/h2-3,6,10,17H,4-5,7-8H2,1H3,(H,16,18). The van der Waals surface area contributed by atoms with Crippen molar-refractivity contribution < 1.29 is 19.4 Å². The lowest BCUT2D eigenvalue weighted by atomic mass is 10.2. The van der Waals surface area contributed by atoms with Crippen LogP contribution in [0.2, 0.25) is 5.02 Å². The molecule has 1 aromatic rings. The number of amides is 1. The Balaban J connectivity index is 2.45. The van der Waals surface area contributed by atoms with Crippen molar-refractivity contribution in [2.45, 2.75) is 12.5 Å². The van der Waals surface area contributed by atoms with Gasteiger partial charge in [-0.15, -0.1) is 0 Å². The molecule has 1 rings (SSSR count). The first-order chi connectivity index (χ1) is 9.56. The van der Waals surface area contributed by atoms with E-state index in [0.29, 0.717) is 28.3 Å². The van der Waals surface area contributed by atoms with Gasteiger partial charge in [-0.2, -0.15) is 0 Å². The highest BCUT2D eigenvalue weighted by atomic mass is 79.9. The Morgan fingerprint density at radius 2 is 2.30 bits per heavy atom. The van der Waals surface area contributed by atoms with Crippen LogP contribution in [0.4, 0.5) is 0 Å². The predicted molar refractivity (Wildman–Crippen MR) is 80.2 cm³/mol. The minimum Gasteiger partial charge on any atom is -0.483 e. The smallest absolute Gasteiger partial charge is 0.258 e. The van der Waals surface area contributed by atoms with Crippen LogP contribution in [0, 0.1) is 0 Å². The Kier molecular flexibility index (Phi) is 7.91. The first-order valence-corrected chi connectivity index (χ1v) is 7.21. The number of carbonyl (C=O) groups is 1. The summed E-state index contributed by atoms with van der Waals surface area (Å²) in [6.07, 6.45) is 0.435. The van der Waals surface area contributed by atoms with E-state index in [1.807, 2.05) is 0 Å². The summed E-state index contributed by atoms with van der Waals surface area (Å²) in [6.45, 7) is 0.209. The molecule has 1 unspecified atom stereocenters. The molecule has 0 fully saturated rings. The number of ether oxygens (including phenoxy) is 2. The molecule has 0 bridgehead atoms. The second-order valence-electron chi connectivity index (χ2n) is 4.10. The van der Waals surface area contributed by atoms with Gasteiger partial charge >= 0.3 is 0 Å². The third kappa shape index (κ3) is 6.09. The summed E-state index contributed by atoms with van der Waals surface area (Å²) in [5.41, 5.74) is 0. The molecule has 0 heterocycles. The molecule has 0 radical (unpaired) electrons. The van der Waals surface area contributed by atoms with Gasteiger partial charge in [-0.3, -0.25) is 4.79 Å². The molecular weight excluding hydrogens is 350 g/mol. The molecule has 7 heteroatoms. The highest BCUT2D eigenvalue weighted by Gasteiger charge is 2.12. The van der Waals surface area contributed by atoms with Crippen molar-refractivity contribution in [3.05, 3.63) is 27.7 Å². The van der Waals surface area contributed by atoms with Crippen LogP contribution in [0.15, 0.2) is 22.7 Å². The third-order valence-corrected chi connectivity index (χ3v) is 3.32. The molecule has 1 atom stereocenters. The fourth-order valence-corrected chi connectivity index (χ4v) is 2.36. The van der Waals surface area contributed by atoms with E-state index < -0.39 is 0 Å². The van der Waals surface area contributed by atoms with Crippen LogP contribution in [0.1, 0.15) is 6.42 Å². The molecule has 1 amide bonds. The van der Waals surface area contributed by atoms with Gasteiger partial charge < -0.3 is 19.9 Å². The number of aliphatic hydroxyl groups excluding tert-OH is 1. The number of rotatable bonds is 8. The van der Waals surface area contributed by atoms with E-state index in [0.717, 1.165) is 0 Å². The van der Waals surface area contributed by atoms with Crippen molar-refractivity contribution in [2.24, 2.45) is 0 Å². The lowest BCUT2D eigenvalue weighted by Crippen LogP contribution is -2.41. The molecule has 0 aliphatic heterocycles. The maximum Gasteiger partial charge on any atom is 0.258 e. The Morgan fingerprint density at radius 3 is 2.90 bits per heavy atom. The lowest BCUT2D eigenvalue weighted by Gasteiger charge is -2.17. The van der Waals surface area contributed by atoms with Crippen LogP contribution in [0.25, 0.3) is 0 Å². The summed E-state index contributed by atoms with van der Waals surface area (Å²) in [6, 6.07) is 4.82.